The Morgan fingerprint density at radius 2 is 1.56 bits per heavy atom. The number of para-hydroxylation sites is 3. The molecular weight excluding hydrogens is 340 g/mol. The second-order valence-electron chi connectivity index (χ2n) is 6.78. The average Bonchev–Trinajstić information content (AvgIpc) is 2.97. The first-order valence-electron chi connectivity index (χ1n) is 9.53. The van der Waals surface area contributed by atoms with Crippen LogP contribution in [0.5, 0.6) is 11.5 Å². The van der Waals surface area contributed by atoms with E-state index < -0.39 is 0 Å². The summed E-state index contributed by atoms with van der Waals surface area (Å²) in [5, 5.41) is 0. The van der Waals surface area contributed by atoms with Crippen molar-refractivity contribution in [3.63, 3.8) is 0 Å². The smallest absolute Gasteiger partial charge is 0.242 e. The molecule has 1 aliphatic heterocycles. The van der Waals surface area contributed by atoms with Crippen LogP contribution < -0.4 is 9.64 Å². The van der Waals surface area contributed by atoms with E-state index in [1.54, 1.807) is 0 Å². The van der Waals surface area contributed by atoms with E-state index in [0.717, 1.165) is 38.8 Å². The molecule has 2 aromatic carbocycles. The number of nitrogens with zero attached hydrogens (tertiary/aromatic N) is 2. The van der Waals surface area contributed by atoms with Gasteiger partial charge in [-0.25, -0.2) is 0 Å². The Labute approximate surface area is 160 Å². The lowest BCUT2D eigenvalue weighted by molar-refractivity contribution is -0.131. The number of amides is 2. The minimum atomic E-state index is -0.178. The van der Waals surface area contributed by atoms with E-state index in [9.17, 15) is 9.59 Å². The highest BCUT2D eigenvalue weighted by molar-refractivity contribution is 5.98. The molecule has 0 spiro atoms. The molecule has 3 rings (SSSR count). The first kappa shape index (κ1) is 19.0. The van der Waals surface area contributed by atoms with Crippen molar-refractivity contribution < 1.29 is 14.3 Å². The largest absolute Gasteiger partial charge is 0.455 e. The van der Waals surface area contributed by atoms with E-state index >= 15 is 0 Å². The first-order chi connectivity index (χ1) is 13.1. The zero-order valence-corrected chi connectivity index (χ0v) is 15.8. The molecule has 5 nitrogen and oxygen atoms in total. The lowest BCUT2D eigenvalue weighted by Gasteiger charge is -2.27. The Kier molecular flexibility index (Phi) is 6.47. The third-order valence-corrected chi connectivity index (χ3v) is 4.76. The van der Waals surface area contributed by atoms with Gasteiger partial charge in [-0.1, -0.05) is 43.2 Å². The standard InChI is InChI=1S/C22H26N2O3/c1-18(25)24(17-22(26)23-15-9-2-3-10-16-23)20-13-7-8-14-21(20)27-19-11-5-4-6-12-19/h4-8,11-14H,2-3,9-10,15-17H2,1H3. The molecule has 1 fully saturated rings. The third kappa shape index (κ3) is 5.09. The lowest BCUT2D eigenvalue weighted by atomic mass is 10.2. The van der Waals surface area contributed by atoms with E-state index in [1.807, 2.05) is 59.5 Å². The van der Waals surface area contributed by atoms with Crippen molar-refractivity contribution in [3.05, 3.63) is 54.6 Å². The maximum absolute atomic E-state index is 12.8. The van der Waals surface area contributed by atoms with E-state index in [4.69, 9.17) is 4.74 Å². The van der Waals surface area contributed by atoms with Crippen LogP contribution in [0.25, 0.3) is 0 Å². The second kappa shape index (κ2) is 9.21. The number of rotatable bonds is 5. The second-order valence-corrected chi connectivity index (χ2v) is 6.78. The molecule has 0 N–H and O–H groups in total. The van der Waals surface area contributed by atoms with Crippen LogP contribution in [0.4, 0.5) is 5.69 Å². The predicted molar refractivity (Wildman–Crippen MR) is 106 cm³/mol. The molecule has 1 heterocycles. The van der Waals surface area contributed by atoms with Gasteiger partial charge in [0.05, 0.1) is 5.69 Å². The first-order valence-corrected chi connectivity index (χ1v) is 9.53. The minimum absolute atomic E-state index is 0.0124. The minimum Gasteiger partial charge on any atom is -0.455 e. The molecule has 1 saturated heterocycles. The Morgan fingerprint density at radius 1 is 0.926 bits per heavy atom. The highest BCUT2D eigenvalue weighted by atomic mass is 16.5. The third-order valence-electron chi connectivity index (χ3n) is 4.76. The van der Waals surface area contributed by atoms with Crippen molar-refractivity contribution in [3.8, 4) is 11.5 Å². The van der Waals surface area contributed by atoms with Gasteiger partial charge in [-0.15, -0.1) is 0 Å². The van der Waals surface area contributed by atoms with E-state index in [0.29, 0.717) is 17.2 Å². The van der Waals surface area contributed by atoms with Gasteiger partial charge in [0.2, 0.25) is 11.8 Å². The van der Waals surface area contributed by atoms with Gasteiger partial charge in [0.25, 0.3) is 0 Å². The number of likely N-dealkylation sites (tertiary alicyclic amines) is 1. The quantitative estimate of drug-likeness (QED) is 0.795. The Hall–Kier alpha value is -2.82. The molecule has 0 radical (unpaired) electrons. The van der Waals surface area contributed by atoms with Crippen molar-refractivity contribution in [2.24, 2.45) is 0 Å². The summed E-state index contributed by atoms with van der Waals surface area (Å²) in [6, 6.07) is 16.8. The Morgan fingerprint density at radius 3 is 2.22 bits per heavy atom. The summed E-state index contributed by atoms with van der Waals surface area (Å²) in [6.45, 7) is 3.05. The van der Waals surface area contributed by atoms with Gasteiger partial charge in [0.1, 0.15) is 12.3 Å². The molecule has 0 unspecified atom stereocenters. The molecule has 2 amide bonds. The van der Waals surface area contributed by atoms with Crippen molar-refractivity contribution in [1.29, 1.82) is 0 Å². The molecule has 2 aromatic rings. The van der Waals surface area contributed by atoms with Gasteiger partial charge in [0, 0.05) is 20.0 Å². The molecule has 27 heavy (non-hydrogen) atoms. The van der Waals surface area contributed by atoms with Crippen LogP contribution in [-0.4, -0.2) is 36.3 Å². The molecule has 0 aliphatic carbocycles. The number of hydrogen-bond acceptors (Lipinski definition) is 3. The van der Waals surface area contributed by atoms with Crippen LogP contribution >= 0.6 is 0 Å². The molecular formula is C22H26N2O3. The Balaban J connectivity index is 1.80. The van der Waals surface area contributed by atoms with Crippen molar-refractivity contribution in [1.82, 2.24) is 4.90 Å². The summed E-state index contributed by atoms with van der Waals surface area (Å²) in [4.78, 5) is 28.5. The summed E-state index contributed by atoms with van der Waals surface area (Å²) in [6.07, 6.45) is 4.38. The van der Waals surface area contributed by atoms with Crippen LogP contribution in [0.3, 0.4) is 0 Å². The summed E-state index contributed by atoms with van der Waals surface area (Å²) in [5.41, 5.74) is 0.608. The number of carbonyl (C=O) groups is 2. The van der Waals surface area contributed by atoms with Gasteiger partial charge in [-0.2, -0.15) is 0 Å². The monoisotopic (exact) mass is 366 g/mol. The molecule has 142 valence electrons. The normalized spacial score (nSPS) is 14.3. The molecule has 0 aromatic heterocycles. The number of benzene rings is 2. The Bertz CT molecular complexity index is 768. The van der Waals surface area contributed by atoms with E-state index in [-0.39, 0.29) is 18.4 Å². The van der Waals surface area contributed by atoms with Crippen molar-refractivity contribution in [2.45, 2.75) is 32.6 Å². The zero-order chi connectivity index (χ0) is 19.1. The zero-order valence-electron chi connectivity index (χ0n) is 15.8. The van der Waals surface area contributed by atoms with Crippen LogP contribution in [-0.2, 0) is 9.59 Å². The van der Waals surface area contributed by atoms with Crippen LogP contribution in [0, 0.1) is 0 Å². The highest BCUT2D eigenvalue weighted by Gasteiger charge is 2.23. The molecule has 0 bridgehead atoms. The number of carbonyl (C=O) groups excluding carboxylic acids is 2. The van der Waals surface area contributed by atoms with Gasteiger partial charge < -0.3 is 9.64 Å². The molecule has 0 saturated carbocycles. The summed E-state index contributed by atoms with van der Waals surface area (Å²) >= 11 is 0. The number of hydrogen-bond donors (Lipinski definition) is 0. The fourth-order valence-corrected chi connectivity index (χ4v) is 3.30. The van der Waals surface area contributed by atoms with Crippen LogP contribution in [0.2, 0.25) is 0 Å². The SMILES string of the molecule is CC(=O)N(CC(=O)N1CCCCCC1)c1ccccc1Oc1ccccc1. The topological polar surface area (TPSA) is 49.9 Å². The van der Waals surface area contributed by atoms with Crippen LogP contribution in [0.15, 0.2) is 54.6 Å². The molecule has 1 aliphatic rings. The predicted octanol–water partition coefficient (Wildman–Crippen LogP) is 4.23. The van der Waals surface area contributed by atoms with Gasteiger partial charge in [-0.05, 0) is 37.1 Å². The van der Waals surface area contributed by atoms with Gasteiger partial charge in [-0.3, -0.25) is 14.5 Å². The van der Waals surface area contributed by atoms with E-state index in [2.05, 4.69) is 0 Å². The van der Waals surface area contributed by atoms with Crippen molar-refractivity contribution in [2.75, 3.05) is 24.5 Å². The number of ether oxygens (including phenoxy) is 1. The maximum Gasteiger partial charge on any atom is 0.242 e. The average molecular weight is 366 g/mol. The summed E-state index contributed by atoms with van der Waals surface area (Å²) in [5.74, 6) is 1.05. The van der Waals surface area contributed by atoms with Gasteiger partial charge >= 0.3 is 0 Å². The van der Waals surface area contributed by atoms with Gasteiger partial charge in [0.15, 0.2) is 5.75 Å². The highest BCUT2D eigenvalue weighted by Crippen LogP contribution is 2.32. The fraction of sp³-hybridized carbons (Fsp3) is 0.364. The summed E-state index contributed by atoms with van der Waals surface area (Å²) < 4.78 is 5.97. The summed E-state index contributed by atoms with van der Waals surface area (Å²) in [7, 11) is 0. The lowest BCUT2D eigenvalue weighted by Crippen LogP contribution is -2.42. The maximum atomic E-state index is 12.8. The van der Waals surface area contributed by atoms with Crippen LogP contribution in [0.1, 0.15) is 32.6 Å². The molecule has 5 heteroatoms. The van der Waals surface area contributed by atoms with E-state index in [1.165, 1.54) is 11.8 Å². The van der Waals surface area contributed by atoms with Crippen molar-refractivity contribution >= 4 is 17.5 Å². The molecule has 0 atom stereocenters. The number of anilines is 1. The fourth-order valence-electron chi connectivity index (χ4n) is 3.30.